The number of rotatable bonds is 2. The lowest BCUT2D eigenvalue weighted by Gasteiger charge is -2.11. The normalized spacial score (nSPS) is 12.8. The molecule has 0 aliphatic carbocycles. The fraction of sp³-hybridized carbons (Fsp3) is 0.167. The summed E-state index contributed by atoms with van der Waals surface area (Å²) in [5.41, 5.74) is 2.28. The van der Waals surface area contributed by atoms with E-state index in [1.807, 2.05) is 18.2 Å². The molecule has 17 heavy (non-hydrogen) atoms. The van der Waals surface area contributed by atoms with Gasteiger partial charge in [0, 0.05) is 9.35 Å². The highest BCUT2D eigenvalue weighted by molar-refractivity contribution is 9.11. The molecule has 2 aromatic rings. The molecule has 1 atom stereocenters. The van der Waals surface area contributed by atoms with Crippen molar-refractivity contribution < 1.29 is 0 Å². The summed E-state index contributed by atoms with van der Waals surface area (Å²) in [5, 5.41) is 0.558. The zero-order chi connectivity index (χ0) is 12.6. The van der Waals surface area contributed by atoms with Gasteiger partial charge in [-0.15, -0.1) is 22.9 Å². The Labute approximate surface area is 131 Å². The maximum Gasteiger partial charge on any atom is 0.0931 e. The zero-order valence-electron chi connectivity index (χ0n) is 8.81. The van der Waals surface area contributed by atoms with Gasteiger partial charge in [-0.2, -0.15) is 0 Å². The highest BCUT2D eigenvalue weighted by Crippen LogP contribution is 2.41. The van der Waals surface area contributed by atoms with E-state index in [1.54, 1.807) is 11.3 Å². The van der Waals surface area contributed by atoms with Crippen LogP contribution in [0.25, 0.3) is 0 Å². The summed E-state index contributed by atoms with van der Waals surface area (Å²) < 4.78 is 1.99. The van der Waals surface area contributed by atoms with E-state index in [9.17, 15) is 0 Å². The van der Waals surface area contributed by atoms with Crippen molar-refractivity contribution in [1.29, 1.82) is 0 Å². The molecule has 0 spiro atoms. The van der Waals surface area contributed by atoms with Crippen molar-refractivity contribution in [3.63, 3.8) is 0 Å². The van der Waals surface area contributed by atoms with Crippen molar-refractivity contribution in [2.75, 3.05) is 0 Å². The van der Waals surface area contributed by atoms with E-state index < -0.39 is 0 Å². The molecule has 5 heteroatoms. The second-order valence-corrected chi connectivity index (χ2v) is 7.79. The topological polar surface area (TPSA) is 0 Å². The third-order valence-corrected chi connectivity index (χ3v) is 6.05. The fourth-order valence-corrected chi connectivity index (χ4v) is 4.23. The maximum absolute atomic E-state index is 6.49. The molecule has 0 amide bonds. The number of benzene rings is 1. The van der Waals surface area contributed by atoms with Gasteiger partial charge in [-0.05, 0) is 52.2 Å². The largest absolute Gasteiger partial charge is 0.130 e. The van der Waals surface area contributed by atoms with Crippen molar-refractivity contribution in [3.8, 4) is 0 Å². The van der Waals surface area contributed by atoms with E-state index in [2.05, 4.69) is 44.8 Å². The van der Waals surface area contributed by atoms with E-state index in [-0.39, 0.29) is 5.38 Å². The first kappa shape index (κ1) is 13.9. The molecule has 1 heterocycles. The van der Waals surface area contributed by atoms with Gasteiger partial charge < -0.3 is 0 Å². The van der Waals surface area contributed by atoms with Gasteiger partial charge in [-0.1, -0.05) is 33.6 Å². The lowest BCUT2D eigenvalue weighted by molar-refractivity contribution is 1.14. The lowest BCUT2D eigenvalue weighted by atomic mass is 10.0. The van der Waals surface area contributed by atoms with E-state index in [1.165, 1.54) is 5.56 Å². The van der Waals surface area contributed by atoms with Crippen LogP contribution < -0.4 is 0 Å². The van der Waals surface area contributed by atoms with Gasteiger partial charge in [-0.3, -0.25) is 0 Å². The minimum Gasteiger partial charge on any atom is -0.130 e. The first-order valence-electron chi connectivity index (χ1n) is 4.84. The Hall–Kier alpha value is 0.460. The minimum atomic E-state index is -0.156. The third-order valence-electron chi connectivity index (χ3n) is 2.42. The van der Waals surface area contributed by atoms with Crippen molar-refractivity contribution in [3.05, 3.63) is 53.6 Å². The van der Waals surface area contributed by atoms with Crippen LogP contribution in [0.2, 0.25) is 5.02 Å². The van der Waals surface area contributed by atoms with Crippen LogP contribution in [0.5, 0.6) is 0 Å². The summed E-state index contributed by atoms with van der Waals surface area (Å²) in [4.78, 5) is 1.05. The van der Waals surface area contributed by atoms with Gasteiger partial charge in [0.25, 0.3) is 0 Å². The Morgan fingerprint density at radius 1 is 1.24 bits per heavy atom. The molecule has 90 valence electrons. The maximum atomic E-state index is 6.49. The summed E-state index contributed by atoms with van der Waals surface area (Å²) in [7, 11) is 0. The van der Waals surface area contributed by atoms with Crippen LogP contribution >= 0.6 is 66.4 Å². The molecular formula is C12H8Br2Cl2S. The summed E-state index contributed by atoms with van der Waals surface area (Å²) >= 11 is 20.9. The lowest BCUT2D eigenvalue weighted by Crippen LogP contribution is -1.93. The Kier molecular flexibility index (Phi) is 4.59. The van der Waals surface area contributed by atoms with Crippen LogP contribution in [0, 0.1) is 6.92 Å². The van der Waals surface area contributed by atoms with Crippen LogP contribution in [-0.4, -0.2) is 0 Å². The first-order valence-corrected chi connectivity index (χ1v) is 8.05. The highest BCUT2D eigenvalue weighted by Gasteiger charge is 2.17. The third kappa shape index (κ3) is 3.07. The predicted octanol–water partition coefficient (Wildman–Crippen LogP) is 6.56. The molecule has 0 aliphatic heterocycles. The Morgan fingerprint density at radius 3 is 2.47 bits per heavy atom. The van der Waals surface area contributed by atoms with Gasteiger partial charge in [0.05, 0.1) is 14.2 Å². The highest BCUT2D eigenvalue weighted by atomic mass is 79.9. The van der Waals surface area contributed by atoms with E-state index in [4.69, 9.17) is 23.2 Å². The molecule has 0 radical (unpaired) electrons. The minimum absolute atomic E-state index is 0.156. The Morgan fingerprint density at radius 2 is 1.94 bits per heavy atom. The molecule has 2 rings (SSSR count). The van der Waals surface area contributed by atoms with E-state index in [0.29, 0.717) is 5.02 Å². The first-order chi connectivity index (χ1) is 7.99. The summed E-state index contributed by atoms with van der Waals surface area (Å²) in [6, 6.07) is 8.02. The van der Waals surface area contributed by atoms with Gasteiger partial charge in [-0.25, -0.2) is 0 Å². The molecular weight excluding hydrogens is 407 g/mol. The molecule has 0 nitrogen and oxygen atoms in total. The molecule has 1 aromatic heterocycles. The molecule has 1 aromatic carbocycles. The second-order valence-electron chi connectivity index (χ2n) is 3.63. The van der Waals surface area contributed by atoms with E-state index in [0.717, 1.165) is 18.7 Å². The Bertz CT molecular complexity index is 532. The average molecular weight is 415 g/mol. The van der Waals surface area contributed by atoms with Gasteiger partial charge in [0.15, 0.2) is 0 Å². The SMILES string of the molecule is Cc1cc(Br)ccc1C(Cl)c1cc(Cl)c(Br)s1. The molecule has 1 unspecified atom stereocenters. The number of hydrogen-bond acceptors (Lipinski definition) is 1. The van der Waals surface area contributed by atoms with E-state index >= 15 is 0 Å². The number of hydrogen-bond donors (Lipinski definition) is 0. The molecule has 0 fully saturated rings. The summed E-state index contributed by atoms with van der Waals surface area (Å²) in [5.74, 6) is 0. The van der Waals surface area contributed by atoms with Crippen molar-refractivity contribution in [2.45, 2.75) is 12.3 Å². The molecule has 0 saturated carbocycles. The monoisotopic (exact) mass is 412 g/mol. The van der Waals surface area contributed by atoms with Crippen LogP contribution in [-0.2, 0) is 0 Å². The number of alkyl halides is 1. The second kappa shape index (κ2) is 5.62. The Balaban J connectivity index is 2.39. The standard InChI is InChI=1S/C12H8Br2Cl2S/c1-6-4-7(13)2-3-8(6)11(16)10-5-9(15)12(14)17-10/h2-5,11H,1H3. The quantitative estimate of drug-likeness (QED) is 0.488. The fourth-order valence-electron chi connectivity index (χ4n) is 1.56. The number of halogens is 4. The van der Waals surface area contributed by atoms with Crippen molar-refractivity contribution >= 4 is 66.4 Å². The van der Waals surface area contributed by atoms with Gasteiger partial charge >= 0.3 is 0 Å². The van der Waals surface area contributed by atoms with Crippen LogP contribution in [0.4, 0.5) is 0 Å². The summed E-state index contributed by atoms with van der Waals surface area (Å²) in [6.07, 6.45) is 0. The number of aryl methyl sites for hydroxylation is 1. The predicted molar refractivity (Wildman–Crippen MR) is 83.6 cm³/mol. The van der Waals surface area contributed by atoms with Gasteiger partial charge in [0.1, 0.15) is 0 Å². The van der Waals surface area contributed by atoms with Crippen LogP contribution in [0.1, 0.15) is 21.4 Å². The van der Waals surface area contributed by atoms with Crippen LogP contribution in [0.15, 0.2) is 32.5 Å². The molecule has 0 bridgehead atoms. The molecule has 0 saturated heterocycles. The average Bonchev–Trinajstić information content (AvgIpc) is 2.58. The smallest absolute Gasteiger partial charge is 0.0931 e. The molecule has 0 aliphatic rings. The molecule has 0 N–H and O–H groups in total. The van der Waals surface area contributed by atoms with Gasteiger partial charge in [0.2, 0.25) is 0 Å². The van der Waals surface area contributed by atoms with Crippen LogP contribution in [0.3, 0.4) is 0 Å². The number of thiophene rings is 1. The summed E-state index contributed by atoms with van der Waals surface area (Å²) in [6.45, 7) is 2.06. The van der Waals surface area contributed by atoms with Crippen molar-refractivity contribution in [1.82, 2.24) is 0 Å². The zero-order valence-corrected chi connectivity index (χ0v) is 14.3. The van der Waals surface area contributed by atoms with Crippen molar-refractivity contribution in [2.24, 2.45) is 0 Å².